The van der Waals surface area contributed by atoms with Crippen molar-refractivity contribution in [1.29, 1.82) is 0 Å². The predicted octanol–water partition coefficient (Wildman–Crippen LogP) is 1.35. The summed E-state index contributed by atoms with van der Waals surface area (Å²) in [6.45, 7) is 1.97. The molecule has 0 bridgehead atoms. The van der Waals surface area contributed by atoms with Gasteiger partial charge in [0.15, 0.2) is 0 Å². The summed E-state index contributed by atoms with van der Waals surface area (Å²) in [5, 5.41) is 0. The first-order valence-corrected chi connectivity index (χ1v) is 7.57. The molecule has 0 saturated carbocycles. The summed E-state index contributed by atoms with van der Waals surface area (Å²) < 4.78 is 26.2. The molecule has 18 heavy (non-hydrogen) atoms. The number of nitrogens with zero attached hydrogens (tertiary/aromatic N) is 1. The first-order chi connectivity index (χ1) is 8.57. The van der Waals surface area contributed by atoms with E-state index in [1.807, 2.05) is 6.92 Å². The number of pyridine rings is 1. The van der Waals surface area contributed by atoms with Gasteiger partial charge in [-0.1, -0.05) is 19.3 Å². The van der Waals surface area contributed by atoms with E-state index in [1.165, 1.54) is 0 Å². The highest BCUT2D eigenvalue weighted by atomic mass is 32.2. The molecule has 0 radical (unpaired) electrons. The normalized spacial score (nSPS) is 12.9. The first kappa shape index (κ1) is 14.7. The van der Waals surface area contributed by atoms with Gasteiger partial charge in [-0.05, 0) is 30.5 Å². The largest absolute Gasteiger partial charge is 0.265 e. The van der Waals surface area contributed by atoms with Crippen LogP contribution in [-0.2, 0) is 16.4 Å². The van der Waals surface area contributed by atoms with E-state index < -0.39 is 16.1 Å². The molecule has 5 heteroatoms. The van der Waals surface area contributed by atoms with Crippen molar-refractivity contribution >= 4 is 10.0 Å². The van der Waals surface area contributed by atoms with Crippen molar-refractivity contribution in [2.45, 2.75) is 32.2 Å². The second-order valence-corrected chi connectivity index (χ2v) is 5.92. The lowest BCUT2D eigenvalue weighted by Gasteiger charge is -2.12. The van der Waals surface area contributed by atoms with E-state index in [9.17, 15) is 8.42 Å². The van der Waals surface area contributed by atoms with Crippen LogP contribution in [0.25, 0.3) is 0 Å². The molecule has 0 aliphatic heterocycles. The van der Waals surface area contributed by atoms with E-state index in [4.69, 9.17) is 6.42 Å². The van der Waals surface area contributed by atoms with Crippen molar-refractivity contribution in [2.24, 2.45) is 0 Å². The third-order valence-electron chi connectivity index (χ3n) is 2.51. The summed E-state index contributed by atoms with van der Waals surface area (Å²) in [5.74, 6) is 2.50. The number of aromatic nitrogens is 1. The minimum atomic E-state index is -3.33. The Labute approximate surface area is 109 Å². The van der Waals surface area contributed by atoms with Gasteiger partial charge in [-0.3, -0.25) is 4.98 Å². The highest BCUT2D eigenvalue weighted by molar-refractivity contribution is 7.89. The fraction of sp³-hybridized carbons (Fsp3) is 0.462. The molecule has 1 atom stereocenters. The molecule has 98 valence electrons. The molecule has 0 fully saturated rings. The molecule has 0 aliphatic rings. The van der Waals surface area contributed by atoms with Crippen LogP contribution in [0, 0.1) is 12.3 Å². The Balaban J connectivity index is 2.52. The lowest BCUT2D eigenvalue weighted by molar-refractivity contribution is 0.563. The van der Waals surface area contributed by atoms with E-state index >= 15 is 0 Å². The fourth-order valence-corrected chi connectivity index (χ4v) is 2.78. The van der Waals surface area contributed by atoms with Crippen molar-refractivity contribution in [3.8, 4) is 12.3 Å². The van der Waals surface area contributed by atoms with Crippen LogP contribution >= 0.6 is 0 Å². The number of rotatable bonds is 7. The molecule has 1 aromatic rings. The van der Waals surface area contributed by atoms with Crippen LogP contribution in [0.2, 0.25) is 0 Å². The molecule has 0 amide bonds. The van der Waals surface area contributed by atoms with E-state index in [-0.39, 0.29) is 5.75 Å². The molecule has 0 aromatic carbocycles. The molecule has 0 aliphatic carbocycles. The van der Waals surface area contributed by atoms with E-state index in [0.717, 1.165) is 12.0 Å². The zero-order valence-corrected chi connectivity index (χ0v) is 11.3. The standard InChI is InChI=1S/C13H18N2O2S/c1-3-5-13(4-2)15-18(16,17)11-8-12-6-9-14-10-7-12/h2,6-7,9-10,13,15H,3,5,8,11H2,1H3. The molecule has 1 heterocycles. The van der Waals surface area contributed by atoms with Gasteiger partial charge in [0.05, 0.1) is 11.8 Å². The van der Waals surface area contributed by atoms with Crippen LogP contribution in [0.4, 0.5) is 0 Å². The molecule has 1 N–H and O–H groups in total. The number of hydrogen-bond acceptors (Lipinski definition) is 3. The number of terminal acetylenes is 1. The van der Waals surface area contributed by atoms with Crippen molar-refractivity contribution < 1.29 is 8.42 Å². The summed E-state index contributed by atoms with van der Waals surface area (Å²) in [6, 6.07) is 3.21. The second-order valence-electron chi connectivity index (χ2n) is 4.05. The Morgan fingerprint density at radius 2 is 2.11 bits per heavy atom. The zero-order chi connectivity index (χ0) is 13.4. The maximum absolute atomic E-state index is 11.8. The van der Waals surface area contributed by atoms with Crippen LogP contribution < -0.4 is 4.72 Å². The molecule has 0 saturated heterocycles. The van der Waals surface area contributed by atoms with Gasteiger partial charge in [-0.2, -0.15) is 0 Å². The maximum Gasteiger partial charge on any atom is 0.213 e. The van der Waals surface area contributed by atoms with E-state index in [0.29, 0.717) is 12.8 Å². The summed E-state index contributed by atoms with van der Waals surface area (Å²) >= 11 is 0. The lowest BCUT2D eigenvalue weighted by Crippen LogP contribution is -2.35. The van der Waals surface area contributed by atoms with E-state index in [1.54, 1.807) is 24.5 Å². The van der Waals surface area contributed by atoms with Crippen molar-refractivity contribution in [3.63, 3.8) is 0 Å². The quantitative estimate of drug-likeness (QED) is 0.758. The Bertz CT molecular complexity index is 491. The van der Waals surface area contributed by atoms with Crippen LogP contribution in [0.1, 0.15) is 25.3 Å². The van der Waals surface area contributed by atoms with Crippen molar-refractivity contribution in [3.05, 3.63) is 30.1 Å². The lowest BCUT2D eigenvalue weighted by atomic mass is 10.2. The Morgan fingerprint density at radius 3 is 2.67 bits per heavy atom. The van der Waals surface area contributed by atoms with Gasteiger partial charge in [0.2, 0.25) is 10.0 Å². The summed E-state index contributed by atoms with van der Waals surface area (Å²) in [5.41, 5.74) is 0.947. The molecule has 1 aromatic heterocycles. The molecule has 1 rings (SSSR count). The topological polar surface area (TPSA) is 59.1 Å². The Kier molecular flexibility index (Phi) is 5.83. The van der Waals surface area contributed by atoms with Crippen LogP contribution in [-0.4, -0.2) is 25.2 Å². The predicted molar refractivity (Wildman–Crippen MR) is 72.4 cm³/mol. The molecular formula is C13H18N2O2S. The summed E-state index contributed by atoms with van der Waals surface area (Å²) in [4.78, 5) is 3.88. The summed E-state index contributed by atoms with van der Waals surface area (Å²) in [7, 11) is -3.33. The van der Waals surface area contributed by atoms with Gasteiger partial charge in [0.1, 0.15) is 0 Å². The van der Waals surface area contributed by atoms with Gasteiger partial charge < -0.3 is 0 Å². The van der Waals surface area contributed by atoms with Crippen LogP contribution in [0.3, 0.4) is 0 Å². The molecule has 1 unspecified atom stereocenters. The third kappa shape index (κ3) is 5.30. The SMILES string of the molecule is C#CC(CCC)NS(=O)(=O)CCc1ccncc1. The number of sulfonamides is 1. The molecule has 4 nitrogen and oxygen atoms in total. The van der Waals surface area contributed by atoms with E-state index in [2.05, 4.69) is 15.6 Å². The monoisotopic (exact) mass is 266 g/mol. The first-order valence-electron chi connectivity index (χ1n) is 5.92. The van der Waals surface area contributed by atoms with Crippen LogP contribution in [0.15, 0.2) is 24.5 Å². The third-order valence-corrected chi connectivity index (χ3v) is 3.89. The number of nitrogens with one attached hydrogen (secondary N) is 1. The Hall–Kier alpha value is -1.38. The number of hydrogen-bond donors (Lipinski definition) is 1. The fourth-order valence-electron chi connectivity index (χ4n) is 1.54. The van der Waals surface area contributed by atoms with Gasteiger partial charge in [-0.15, -0.1) is 6.42 Å². The smallest absolute Gasteiger partial charge is 0.213 e. The van der Waals surface area contributed by atoms with Gasteiger partial charge in [0, 0.05) is 12.4 Å². The van der Waals surface area contributed by atoms with Crippen LogP contribution in [0.5, 0.6) is 0 Å². The molecule has 0 spiro atoms. The second kappa shape index (κ2) is 7.14. The van der Waals surface area contributed by atoms with Gasteiger partial charge in [-0.25, -0.2) is 13.1 Å². The Morgan fingerprint density at radius 1 is 1.44 bits per heavy atom. The number of aryl methyl sites for hydroxylation is 1. The minimum Gasteiger partial charge on any atom is -0.265 e. The van der Waals surface area contributed by atoms with Gasteiger partial charge >= 0.3 is 0 Å². The van der Waals surface area contributed by atoms with Gasteiger partial charge in [0.25, 0.3) is 0 Å². The average Bonchev–Trinajstić information content (AvgIpc) is 2.37. The highest BCUT2D eigenvalue weighted by Crippen LogP contribution is 2.02. The average molecular weight is 266 g/mol. The van der Waals surface area contributed by atoms with Crippen molar-refractivity contribution in [2.75, 3.05) is 5.75 Å². The highest BCUT2D eigenvalue weighted by Gasteiger charge is 2.15. The minimum absolute atomic E-state index is 0.0406. The zero-order valence-electron chi connectivity index (χ0n) is 10.5. The van der Waals surface area contributed by atoms with Crippen molar-refractivity contribution in [1.82, 2.24) is 9.71 Å². The maximum atomic E-state index is 11.8. The summed E-state index contributed by atoms with van der Waals surface area (Å²) in [6.07, 6.45) is 10.6. The molecular weight excluding hydrogens is 248 g/mol.